The maximum absolute atomic E-state index is 12.0. The van der Waals surface area contributed by atoms with Crippen molar-refractivity contribution in [2.45, 2.75) is 26.9 Å². The second kappa shape index (κ2) is 4.89. The molecule has 0 spiro atoms. The number of hydrogen-bond donors (Lipinski definition) is 0. The Hall–Kier alpha value is -2.69. The zero-order chi connectivity index (χ0) is 14.0. The Labute approximate surface area is 107 Å². The highest BCUT2D eigenvalue weighted by molar-refractivity contribution is 5.22. The number of nitrogens with zero attached hydrogens (tertiary/aromatic N) is 5. The summed E-state index contributed by atoms with van der Waals surface area (Å²) in [6, 6.07) is 1.77. The highest BCUT2D eigenvalue weighted by Gasteiger charge is 2.13. The van der Waals surface area contributed by atoms with Gasteiger partial charge in [-0.2, -0.15) is 10.2 Å². The first-order chi connectivity index (χ1) is 9.06. The van der Waals surface area contributed by atoms with Crippen molar-refractivity contribution in [1.29, 1.82) is 5.26 Å². The van der Waals surface area contributed by atoms with E-state index in [-0.39, 0.29) is 18.0 Å². The van der Waals surface area contributed by atoms with E-state index in [0.717, 1.165) is 4.57 Å². The fourth-order valence-corrected chi connectivity index (χ4v) is 1.64. The van der Waals surface area contributed by atoms with Gasteiger partial charge in [0.2, 0.25) is 5.89 Å². The summed E-state index contributed by atoms with van der Waals surface area (Å²) in [4.78, 5) is 27.9. The molecule has 0 saturated heterocycles. The third-order valence-corrected chi connectivity index (χ3v) is 2.56. The highest BCUT2D eigenvalue weighted by Crippen LogP contribution is 1.97. The van der Waals surface area contributed by atoms with Crippen LogP contribution in [0.3, 0.4) is 0 Å². The molecule has 0 radical (unpaired) electrons. The van der Waals surface area contributed by atoms with Crippen molar-refractivity contribution in [2.24, 2.45) is 0 Å². The van der Waals surface area contributed by atoms with E-state index >= 15 is 0 Å². The maximum Gasteiger partial charge on any atom is 0.331 e. The third-order valence-electron chi connectivity index (χ3n) is 2.56. The molecule has 0 aliphatic heterocycles. The van der Waals surface area contributed by atoms with Gasteiger partial charge in [-0.25, -0.2) is 9.36 Å². The molecule has 0 aromatic carbocycles. The molecule has 0 amide bonds. The minimum atomic E-state index is -0.659. The molecule has 8 heteroatoms. The lowest BCUT2D eigenvalue weighted by molar-refractivity contribution is 0.362. The Balaban J connectivity index is 2.59. The lowest BCUT2D eigenvalue weighted by atomic mass is 10.3. The van der Waals surface area contributed by atoms with E-state index in [4.69, 9.17) is 9.78 Å². The summed E-state index contributed by atoms with van der Waals surface area (Å²) in [7, 11) is 0. The van der Waals surface area contributed by atoms with Crippen LogP contribution in [0.2, 0.25) is 0 Å². The molecule has 0 aliphatic rings. The Bertz CT molecular complexity index is 762. The zero-order valence-electron chi connectivity index (χ0n) is 10.5. The summed E-state index contributed by atoms with van der Waals surface area (Å²) in [5.41, 5.74) is -1.27. The van der Waals surface area contributed by atoms with E-state index < -0.39 is 11.2 Å². The molecule has 8 nitrogen and oxygen atoms in total. The van der Waals surface area contributed by atoms with Crippen molar-refractivity contribution in [3.05, 3.63) is 44.3 Å². The monoisotopic (exact) mass is 261 g/mol. The molecule has 0 N–H and O–H groups in total. The average Bonchev–Trinajstić information content (AvgIpc) is 2.80. The van der Waals surface area contributed by atoms with Crippen molar-refractivity contribution in [3.63, 3.8) is 0 Å². The molecular formula is C11H11N5O3. The molecule has 0 fully saturated rings. The molecule has 0 saturated carbocycles. The molecule has 19 heavy (non-hydrogen) atoms. The molecular weight excluding hydrogens is 250 g/mol. The van der Waals surface area contributed by atoms with Crippen LogP contribution in [0.4, 0.5) is 0 Å². The van der Waals surface area contributed by atoms with Gasteiger partial charge >= 0.3 is 5.69 Å². The third kappa shape index (κ3) is 2.30. The molecule has 2 heterocycles. The van der Waals surface area contributed by atoms with E-state index in [2.05, 4.69) is 10.1 Å². The summed E-state index contributed by atoms with van der Waals surface area (Å²) < 4.78 is 7.07. The number of hydrogen-bond acceptors (Lipinski definition) is 6. The first-order valence-electron chi connectivity index (χ1n) is 5.60. The van der Waals surface area contributed by atoms with Crippen LogP contribution in [0.15, 0.2) is 20.3 Å². The normalized spacial score (nSPS) is 10.4. The summed E-state index contributed by atoms with van der Waals surface area (Å²) in [5, 5.41) is 12.5. The predicted molar refractivity (Wildman–Crippen MR) is 63.5 cm³/mol. The van der Waals surface area contributed by atoms with Crippen molar-refractivity contribution in [1.82, 2.24) is 19.3 Å². The number of nitriles is 1. The summed E-state index contributed by atoms with van der Waals surface area (Å²) >= 11 is 0. The Morgan fingerprint density at radius 2 is 2.21 bits per heavy atom. The molecule has 98 valence electrons. The number of aryl methyl sites for hydroxylation is 2. The van der Waals surface area contributed by atoms with Crippen LogP contribution >= 0.6 is 0 Å². The fourth-order valence-electron chi connectivity index (χ4n) is 1.64. The Kier molecular flexibility index (Phi) is 3.29. The van der Waals surface area contributed by atoms with Gasteiger partial charge in [0.05, 0.1) is 0 Å². The first kappa shape index (κ1) is 12.8. The van der Waals surface area contributed by atoms with Crippen LogP contribution in [0.5, 0.6) is 0 Å². The van der Waals surface area contributed by atoms with Crippen LogP contribution in [-0.2, 0) is 13.1 Å². The predicted octanol–water partition coefficient (Wildman–Crippen LogP) is -0.359. The van der Waals surface area contributed by atoms with Crippen LogP contribution in [-0.4, -0.2) is 19.3 Å². The fraction of sp³-hybridized carbons (Fsp3) is 0.364. The van der Waals surface area contributed by atoms with Gasteiger partial charge in [0.15, 0.2) is 5.82 Å². The molecule has 2 aromatic heterocycles. The molecule has 0 unspecified atom stereocenters. The molecule has 0 aliphatic carbocycles. The quantitative estimate of drug-likeness (QED) is 0.746. The van der Waals surface area contributed by atoms with E-state index in [1.165, 1.54) is 10.8 Å². The Morgan fingerprint density at radius 1 is 1.47 bits per heavy atom. The van der Waals surface area contributed by atoms with Gasteiger partial charge < -0.3 is 4.52 Å². The average molecular weight is 261 g/mol. The summed E-state index contributed by atoms with van der Waals surface area (Å²) in [5.74, 6) is 0.560. The van der Waals surface area contributed by atoms with Gasteiger partial charge in [0, 0.05) is 12.7 Å². The molecule has 0 atom stereocenters. The van der Waals surface area contributed by atoms with Gasteiger partial charge in [-0.15, -0.1) is 0 Å². The second-order valence-corrected chi connectivity index (χ2v) is 3.85. The van der Waals surface area contributed by atoms with Gasteiger partial charge in [-0.05, 0) is 13.8 Å². The van der Waals surface area contributed by atoms with Crippen molar-refractivity contribution in [2.75, 3.05) is 0 Å². The minimum absolute atomic E-state index is 0.0994. The van der Waals surface area contributed by atoms with E-state index in [0.29, 0.717) is 12.4 Å². The zero-order valence-corrected chi connectivity index (χ0v) is 10.5. The summed E-state index contributed by atoms with van der Waals surface area (Å²) in [6.07, 6.45) is 1.25. The van der Waals surface area contributed by atoms with E-state index in [1.807, 2.05) is 0 Å². The van der Waals surface area contributed by atoms with Gasteiger partial charge in [0.25, 0.3) is 5.56 Å². The van der Waals surface area contributed by atoms with E-state index in [1.54, 1.807) is 19.9 Å². The minimum Gasteiger partial charge on any atom is -0.337 e. The van der Waals surface area contributed by atoms with E-state index in [9.17, 15) is 9.59 Å². The standard InChI is InChI=1S/C11H11N5O3/c1-3-15-5-8(4-12)10(17)16(11(15)18)6-9-13-7(2)14-19-9/h5H,3,6H2,1-2H3. The lowest BCUT2D eigenvalue weighted by Gasteiger charge is -2.07. The van der Waals surface area contributed by atoms with Crippen LogP contribution in [0.1, 0.15) is 24.2 Å². The lowest BCUT2D eigenvalue weighted by Crippen LogP contribution is -2.41. The summed E-state index contributed by atoms with van der Waals surface area (Å²) in [6.45, 7) is 3.59. The number of aromatic nitrogens is 4. The topological polar surface area (TPSA) is 107 Å². The first-order valence-corrected chi connectivity index (χ1v) is 5.60. The highest BCUT2D eigenvalue weighted by atomic mass is 16.5. The van der Waals surface area contributed by atoms with Crippen molar-refractivity contribution in [3.8, 4) is 6.07 Å². The Morgan fingerprint density at radius 3 is 2.74 bits per heavy atom. The van der Waals surface area contributed by atoms with Crippen molar-refractivity contribution < 1.29 is 4.52 Å². The largest absolute Gasteiger partial charge is 0.337 e. The van der Waals surface area contributed by atoms with Gasteiger partial charge in [-0.3, -0.25) is 9.36 Å². The molecule has 0 bridgehead atoms. The molecule has 2 aromatic rings. The van der Waals surface area contributed by atoms with Crippen LogP contribution < -0.4 is 11.2 Å². The molecule has 2 rings (SSSR count). The van der Waals surface area contributed by atoms with Gasteiger partial charge in [0.1, 0.15) is 18.2 Å². The second-order valence-electron chi connectivity index (χ2n) is 3.85. The maximum atomic E-state index is 12.0. The number of rotatable bonds is 3. The SMILES string of the molecule is CCn1cc(C#N)c(=O)n(Cc2nc(C)no2)c1=O. The van der Waals surface area contributed by atoms with Crippen LogP contribution in [0, 0.1) is 18.3 Å². The smallest absolute Gasteiger partial charge is 0.331 e. The van der Waals surface area contributed by atoms with Gasteiger partial charge in [-0.1, -0.05) is 5.16 Å². The van der Waals surface area contributed by atoms with Crippen molar-refractivity contribution >= 4 is 0 Å². The van der Waals surface area contributed by atoms with Crippen LogP contribution in [0.25, 0.3) is 0 Å².